The normalized spacial score (nSPS) is 14.0. The number of thiazole rings is 1. The van der Waals surface area contributed by atoms with Crippen LogP contribution in [-0.2, 0) is 17.8 Å². The Morgan fingerprint density at radius 3 is 2.84 bits per heavy atom. The molecule has 0 fully saturated rings. The number of nitrogen functional groups attached to an aromatic ring is 1. The van der Waals surface area contributed by atoms with Gasteiger partial charge in [0.05, 0.1) is 6.21 Å². The van der Waals surface area contributed by atoms with Gasteiger partial charge in [-0.25, -0.2) is 9.78 Å². The second kappa shape index (κ2) is 6.72. The van der Waals surface area contributed by atoms with Crippen molar-refractivity contribution in [1.82, 2.24) is 9.88 Å². The number of ether oxygens (including phenoxy) is 1. The van der Waals surface area contributed by atoms with Crippen LogP contribution in [0, 0.1) is 0 Å². The summed E-state index contributed by atoms with van der Waals surface area (Å²) in [5.74, 6) is 0.475. The van der Waals surface area contributed by atoms with Gasteiger partial charge < -0.3 is 10.5 Å². The maximum Gasteiger partial charge on any atom is 0.410 e. The van der Waals surface area contributed by atoms with Crippen LogP contribution in [0.2, 0.25) is 0 Å². The number of rotatable bonds is 3. The molecule has 25 heavy (non-hydrogen) atoms. The number of benzene rings is 1. The number of fused-ring (bicyclic) bond motifs is 1. The molecule has 0 saturated heterocycles. The Morgan fingerprint density at radius 1 is 1.40 bits per heavy atom. The van der Waals surface area contributed by atoms with Gasteiger partial charge in [0.15, 0.2) is 0 Å². The standard InChI is InChI=1S/C17H21N5O2S/c1-17(2,3)24-16(23)22-8-12-5-4-11(6-13(12)9-22)7-19-21-15-20-14(18)10-25-15/h4-7,10H,8-9,18H2,1-3H3,(H,20,21). The third kappa shape index (κ3) is 4.48. The molecule has 7 nitrogen and oxygen atoms in total. The van der Waals surface area contributed by atoms with Crippen LogP contribution in [-0.4, -0.2) is 27.8 Å². The van der Waals surface area contributed by atoms with Crippen molar-refractivity contribution >= 4 is 34.6 Å². The summed E-state index contributed by atoms with van der Waals surface area (Å²) in [5.41, 5.74) is 11.1. The number of amides is 1. The van der Waals surface area contributed by atoms with Crippen LogP contribution in [0.1, 0.15) is 37.5 Å². The molecular formula is C17H21N5O2S. The highest BCUT2D eigenvalue weighted by molar-refractivity contribution is 7.14. The van der Waals surface area contributed by atoms with E-state index < -0.39 is 5.60 Å². The minimum absolute atomic E-state index is 0.290. The number of aromatic nitrogens is 1. The number of nitrogens with zero attached hydrogens (tertiary/aromatic N) is 3. The predicted octanol–water partition coefficient (Wildman–Crippen LogP) is 3.42. The van der Waals surface area contributed by atoms with Gasteiger partial charge in [0.1, 0.15) is 11.4 Å². The fourth-order valence-electron chi connectivity index (χ4n) is 2.45. The number of anilines is 2. The van der Waals surface area contributed by atoms with Crippen LogP contribution in [0.5, 0.6) is 0 Å². The molecule has 0 saturated carbocycles. The molecule has 1 amide bonds. The van der Waals surface area contributed by atoms with Crippen LogP contribution >= 0.6 is 11.3 Å². The van der Waals surface area contributed by atoms with E-state index in [4.69, 9.17) is 10.5 Å². The second-order valence-electron chi connectivity index (χ2n) is 6.81. The molecule has 2 heterocycles. The summed E-state index contributed by atoms with van der Waals surface area (Å²) in [5, 5.41) is 6.56. The molecule has 3 rings (SSSR count). The zero-order chi connectivity index (χ0) is 18.0. The SMILES string of the molecule is CC(C)(C)OC(=O)N1Cc2ccc(C=NNc3nc(N)cs3)cc2C1. The quantitative estimate of drug-likeness (QED) is 0.647. The van der Waals surface area contributed by atoms with Gasteiger partial charge in [-0.05, 0) is 43.5 Å². The van der Waals surface area contributed by atoms with Crippen LogP contribution in [0.15, 0.2) is 28.7 Å². The molecule has 0 aliphatic carbocycles. The van der Waals surface area contributed by atoms with Crippen molar-refractivity contribution in [3.8, 4) is 0 Å². The highest BCUT2D eigenvalue weighted by Gasteiger charge is 2.27. The van der Waals surface area contributed by atoms with E-state index >= 15 is 0 Å². The molecule has 1 aliphatic rings. The molecule has 0 unspecified atom stereocenters. The van der Waals surface area contributed by atoms with E-state index in [-0.39, 0.29) is 6.09 Å². The molecule has 8 heteroatoms. The molecule has 1 aromatic heterocycles. The average Bonchev–Trinajstić information content (AvgIpc) is 3.11. The van der Waals surface area contributed by atoms with Crippen molar-refractivity contribution in [2.24, 2.45) is 5.10 Å². The Morgan fingerprint density at radius 2 is 2.16 bits per heavy atom. The Balaban J connectivity index is 1.63. The zero-order valence-corrected chi connectivity index (χ0v) is 15.3. The van der Waals surface area contributed by atoms with Crippen LogP contribution in [0.25, 0.3) is 0 Å². The smallest absolute Gasteiger partial charge is 0.410 e. The van der Waals surface area contributed by atoms with Gasteiger partial charge in [-0.2, -0.15) is 5.10 Å². The Labute approximate surface area is 150 Å². The number of carbonyl (C=O) groups is 1. The van der Waals surface area contributed by atoms with E-state index in [1.165, 1.54) is 11.3 Å². The lowest BCUT2D eigenvalue weighted by Gasteiger charge is -2.24. The monoisotopic (exact) mass is 359 g/mol. The van der Waals surface area contributed by atoms with Gasteiger partial charge in [-0.1, -0.05) is 12.1 Å². The maximum absolute atomic E-state index is 12.2. The van der Waals surface area contributed by atoms with Crippen LogP contribution in [0.4, 0.5) is 15.7 Å². The Kier molecular flexibility index (Phi) is 4.63. The zero-order valence-electron chi connectivity index (χ0n) is 14.4. The van der Waals surface area contributed by atoms with Crippen molar-refractivity contribution < 1.29 is 9.53 Å². The van der Waals surface area contributed by atoms with Crippen molar-refractivity contribution in [2.75, 3.05) is 11.2 Å². The summed E-state index contributed by atoms with van der Waals surface area (Å²) < 4.78 is 5.43. The van der Waals surface area contributed by atoms with E-state index in [0.717, 1.165) is 16.7 Å². The number of hydrazone groups is 1. The van der Waals surface area contributed by atoms with E-state index in [2.05, 4.69) is 15.5 Å². The fourth-order valence-corrected chi connectivity index (χ4v) is 3.00. The molecule has 2 aromatic rings. The molecule has 132 valence electrons. The third-order valence-corrected chi connectivity index (χ3v) is 4.27. The minimum Gasteiger partial charge on any atom is -0.444 e. The van der Waals surface area contributed by atoms with Crippen LogP contribution in [0.3, 0.4) is 0 Å². The lowest BCUT2D eigenvalue weighted by atomic mass is 10.1. The first-order valence-electron chi connectivity index (χ1n) is 7.90. The third-order valence-electron chi connectivity index (χ3n) is 3.50. The molecule has 0 bridgehead atoms. The Bertz CT molecular complexity index is 810. The molecule has 0 atom stereocenters. The first kappa shape index (κ1) is 17.2. The van der Waals surface area contributed by atoms with Crippen molar-refractivity contribution in [3.05, 3.63) is 40.3 Å². The van der Waals surface area contributed by atoms with Crippen molar-refractivity contribution in [1.29, 1.82) is 0 Å². The highest BCUT2D eigenvalue weighted by Crippen LogP contribution is 2.25. The summed E-state index contributed by atoms with van der Waals surface area (Å²) in [6.07, 6.45) is 1.43. The van der Waals surface area contributed by atoms with Gasteiger partial charge in [0.2, 0.25) is 5.13 Å². The van der Waals surface area contributed by atoms with E-state index in [0.29, 0.717) is 24.0 Å². The maximum atomic E-state index is 12.2. The summed E-state index contributed by atoms with van der Waals surface area (Å²) in [4.78, 5) is 18.0. The molecule has 0 spiro atoms. The van der Waals surface area contributed by atoms with Gasteiger partial charge >= 0.3 is 6.09 Å². The summed E-state index contributed by atoms with van der Waals surface area (Å²) >= 11 is 1.39. The largest absolute Gasteiger partial charge is 0.444 e. The van der Waals surface area contributed by atoms with Crippen molar-refractivity contribution in [3.63, 3.8) is 0 Å². The topological polar surface area (TPSA) is 92.8 Å². The number of nitrogens with two attached hydrogens (primary N) is 1. The predicted molar refractivity (Wildman–Crippen MR) is 99.7 cm³/mol. The molecule has 3 N–H and O–H groups in total. The van der Waals surface area contributed by atoms with Gasteiger partial charge in [0.25, 0.3) is 0 Å². The summed E-state index contributed by atoms with van der Waals surface area (Å²) in [6.45, 7) is 6.71. The molecular weight excluding hydrogens is 338 g/mol. The lowest BCUT2D eigenvalue weighted by Crippen LogP contribution is -2.33. The minimum atomic E-state index is -0.492. The number of carbonyl (C=O) groups excluding carboxylic acids is 1. The van der Waals surface area contributed by atoms with E-state index in [1.54, 1.807) is 16.5 Å². The van der Waals surface area contributed by atoms with Crippen LogP contribution < -0.4 is 11.2 Å². The summed E-state index contributed by atoms with van der Waals surface area (Å²) in [6, 6.07) is 6.02. The highest BCUT2D eigenvalue weighted by atomic mass is 32.1. The first-order chi connectivity index (χ1) is 11.8. The lowest BCUT2D eigenvalue weighted by molar-refractivity contribution is 0.0242. The van der Waals surface area contributed by atoms with Gasteiger partial charge in [-0.3, -0.25) is 10.3 Å². The molecule has 1 aromatic carbocycles. The molecule has 0 radical (unpaired) electrons. The molecule has 1 aliphatic heterocycles. The van der Waals surface area contributed by atoms with Gasteiger partial charge in [0, 0.05) is 18.5 Å². The van der Waals surface area contributed by atoms with E-state index in [9.17, 15) is 4.79 Å². The number of nitrogens with one attached hydrogen (secondary N) is 1. The van der Waals surface area contributed by atoms with E-state index in [1.807, 2.05) is 39.0 Å². The number of hydrogen-bond donors (Lipinski definition) is 2. The van der Waals surface area contributed by atoms with Crippen molar-refractivity contribution in [2.45, 2.75) is 39.5 Å². The second-order valence-corrected chi connectivity index (χ2v) is 7.67. The first-order valence-corrected chi connectivity index (χ1v) is 8.78. The van der Waals surface area contributed by atoms with Gasteiger partial charge in [-0.15, -0.1) is 11.3 Å². The Hall–Kier alpha value is -2.61. The average molecular weight is 359 g/mol. The number of hydrogen-bond acceptors (Lipinski definition) is 7. The fraction of sp³-hybridized carbons (Fsp3) is 0.353. The summed E-state index contributed by atoms with van der Waals surface area (Å²) in [7, 11) is 0.